The number of fused-ring (bicyclic) bond motifs is 5. The van der Waals surface area contributed by atoms with Gasteiger partial charge in [-0.2, -0.15) is 0 Å². The first kappa shape index (κ1) is 10.1. The number of hydrogen-bond donors (Lipinski definition) is 0. The van der Waals surface area contributed by atoms with Crippen molar-refractivity contribution in [2.24, 2.45) is 0 Å². The lowest BCUT2D eigenvalue weighted by molar-refractivity contribution is 0.839. The zero-order chi connectivity index (χ0) is 12.4. The monoisotopic (exact) mass is 260 g/mol. The summed E-state index contributed by atoms with van der Waals surface area (Å²) in [7, 11) is 0. The fourth-order valence-electron chi connectivity index (χ4n) is 3.68. The van der Waals surface area contributed by atoms with E-state index in [4.69, 9.17) is 0 Å². The molecular weight excluding hydrogens is 248 g/mol. The third-order valence-electron chi connectivity index (χ3n) is 4.42. The van der Waals surface area contributed by atoms with Crippen LogP contribution in [-0.2, 0) is 0 Å². The van der Waals surface area contributed by atoms with Gasteiger partial charge in [0.15, 0.2) is 0 Å². The van der Waals surface area contributed by atoms with Crippen LogP contribution < -0.4 is 0 Å². The minimum atomic E-state index is 0.558. The molecule has 19 heavy (non-hydrogen) atoms. The van der Waals surface area contributed by atoms with E-state index in [0.29, 0.717) is 11.2 Å². The van der Waals surface area contributed by atoms with E-state index in [1.165, 1.54) is 32.4 Å². The fraction of sp³-hybridized carbons (Fsp3) is 0.111. The molecule has 3 aromatic carbocycles. The predicted octanol–water partition coefficient (Wildman–Crippen LogP) is 5.13. The van der Waals surface area contributed by atoms with Crippen molar-refractivity contribution in [2.75, 3.05) is 0 Å². The average Bonchev–Trinajstić information content (AvgIpc) is 2.98. The second-order valence-corrected chi connectivity index (χ2v) is 6.53. The van der Waals surface area contributed by atoms with E-state index in [1.54, 1.807) is 0 Å². The molecule has 0 radical (unpaired) electrons. The highest BCUT2D eigenvalue weighted by Gasteiger charge is 2.41. The molecule has 5 rings (SSSR count). The van der Waals surface area contributed by atoms with Gasteiger partial charge in [0.25, 0.3) is 0 Å². The Labute approximate surface area is 116 Å². The van der Waals surface area contributed by atoms with Crippen LogP contribution in [0.1, 0.15) is 27.9 Å². The highest BCUT2D eigenvalue weighted by molar-refractivity contribution is 8.00. The quantitative estimate of drug-likeness (QED) is 0.540. The summed E-state index contributed by atoms with van der Waals surface area (Å²) in [4.78, 5) is 1.46. The molecule has 90 valence electrons. The Morgan fingerprint density at radius 2 is 1.42 bits per heavy atom. The Balaban J connectivity index is 1.89. The molecule has 1 heteroatoms. The molecule has 1 heterocycles. The number of benzene rings is 3. The van der Waals surface area contributed by atoms with Crippen molar-refractivity contribution in [1.82, 2.24) is 0 Å². The van der Waals surface area contributed by atoms with Gasteiger partial charge in [0.1, 0.15) is 0 Å². The Hall–Kier alpha value is -1.73. The van der Waals surface area contributed by atoms with Crippen LogP contribution in [0.5, 0.6) is 0 Å². The van der Waals surface area contributed by atoms with Crippen molar-refractivity contribution in [1.29, 1.82) is 0 Å². The van der Waals surface area contributed by atoms with E-state index in [9.17, 15) is 0 Å². The maximum absolute atomic E-state index is 2.32. The van der Waals surface area contributed by atoms with Gasteiger partial charge in [-0.15, -0.1) is 11.8 Å². The summed E-state index contributed by atoms with van der Waals surface area (Å²) in [6.45, 7) is 0. The smallest absolute Gasteiger partial charge is 0.0460 e. The van der Waals surface area contributed by atoms with Gasteiger partial charge < -0.3 is 0 Å². The van der Waals surface area contributed by atoms with Crippen LogP contribution in [0.25, 0.3) is 10.8 Å². The van der Waals surface area contributed by atoms with Gasteiger partial charge in [-0.25, -0.2) is 0 Å². The van der Waals surface area contributed by atoms with E-state index in [-0.39, 0.29) is 0 Å². The van der Waals surface area contributed by atoms with E-state index in [1.807, 2.05) is 11.8 Å². The first-order valence-corrected chi connectivity index (χ1v) is 7.58. The van der Waals surface area contributed by atoms with Gasteiger partial charge in [-0.3, -0.25) is 0 Å². The van der Waals surface area contributed by atoms with E-state index in [2.05, 4.69) is 60.7 Å². The van der Waals surface area contributed by atoms with Crippen LogP contribution in [0.3, 0.4) is 0 Å². The molecule has 0 saturated heterocycles. The molecule has 0 amide bonds. The van der Waals surface area contributed by atoms with Crippen LogP contribution in [0, 0.1) is 0 Å². The van der Waals surface area contributed by atoms with E-state index in [0.717, 1.165) is 0 Å². The zero-order valence-corrected chi connectivity index (χ0v) is 11.2. The Morgan fingerprint density at radius 1 is 0.684 bits per heavy atom. The van der Waals surface area contributed by atoms with Gasteiger partial charge in [-0.1, -0.05) is 54.6 Å². The maximum atomic E-state index is 2.32. The van der Waals surface area contributed by atoms with Gasteiger partial charge in [-0.05, 0) is 33.5 Å². The molecule has 0 spiro atoms. The normalized spacial score (nSPS) is 22.5. The summed E-state index contributed by atoms with van der Waals surface area (Å²) in [5, 5.41) is 3.47. The molecule has 0 bridgehead atoms. The number of thioether (sulfide) groups is 1. The predicted molar refractivity (Wildman–Crippen MR) is 80.8 cm³/mol. The molecule has 1 aliphatic carbocycles. The summed E-state index contributed by atoms with van der Waals surface area (Å²) in [5.41, 5.74) is 4.57. The Kier molecular flexibility index (Phi) is 1.82. The molecule has 0 aromatic heterocycles. The zero-order valence-electron chi connectivity index (χ0n) is 10.3. The molecule has 0 N–H and O–H groups in total. The standard InChI is InChI=1S/C18H12S/c1-2-10-15-12(7-1)17-13-8-3-5-11-6-4-9-14(16(11)13)18(17)19-15/h1-10,17-18H. The Morgan fingerprint density at radius 3 is 2.32 bits per heavy atom. The topological polar surface area (TPSA) is 0 Å². The van der Waals surface area contributed by atoms with Gasteiger partial charge in [0.2, 0.25) is 0 Å². The molecule has 3 aromatic rings. The molecule has 1 aliphatic heterocycles. The molecule has 0 saturated carbocycles. The van der Waals surface area contributed by atoms with Crippen molar-refractivity contribution in [3.05, 3.63) is 77.4 Å². The van der Waals surface area contributed by atoms with Crippen LogP contribution >= 0.6 is 11.8 Å². The second kappa shape index (κ2) is 3.43. The van der Waals surface area contributed by atoms with Gasteiger partial charge in [0, 0.05) is 16.1 Å². The summed E-state index contributed by atoms with van der Waals surface area (Å²) in [5.74, 6) is 0.558. The summed E-state index contributed by atoms with van der Waals surface area (Å²) in [6.07, 6.45) is 0. The van der Waals surface area contributed by atoms with Crippen molar-refractivity contribution < 1.29 is 0 Å². The molecule has 0 nitrogen and oxygen atoms in total. The first-order chi connectivity index (χ1) is 9.43. The average molecular weight is 260 g/mol. The molecule has 2 aliphatic rings. The van der Waals surface area contributed by atoms with Crippen molar-refractivity contribution in [2.45, 2.75) is 16.1 Å². The minimum Gasteiger partial charge on any atom is -0.117 e. The summed E-state index contributed by atoms with van der Waals surface area (Å²) < 4.78 is 0. The molecule has 2 atom stereocenters. The van der Waals surface area contributed by atoms with Crippen LogP contribution in [-0.4, -0.2) is 0 Å². The second-order valence-electron chi connectivity index (χ2n) is 5.35. The van der Waals surface area contributed by atoms with Gasteiger partial charge in [0.05, 0.1) is 0 Å². The first-order valence-electron chi connectivity index (χ1n) is 6.70. The van der Waals surface area contributed by atoms with Crippen LogP contribution in [0.15, 0.2) is 65.6 Å². The van der Waals surface area contributed by atoms with Crippen LogP contribution in [0.2, 0.25) is 0 Å². The largest absolute Gasteiger partial charge is 0.117 e. The third-order valence-corrected chi connectivity index (χ3v) is 5.83. The summed E-state index contributed by atoms with van der Waals surface area (Å²) >= 11 is 2.04. The van der Waals surface area contributed by atoms with E-state index < -0.39 is 0 Å². The molecular formula is C18H12S. The van der Waals surface area contributed by atoms with Crippen molar-refractivity contribution in [3.63, 3.8) is 0 Å². The highest BCUT2D eigenvalue weighted by Crippen LogP contribution is 2.62. The van der Waals surface area contributed by atoms with Crippen molar-refractivity contribution in [3.8, 4) is 0 Å². The summed E-state index contributed by atoms with van der Waals surface area (Å²) in [6, 6.07) is 22.4. The third kappa shape index (κ3) is 1.17. The van der Waals surface area contributed by atoms with Gasteiger partial charge >= 0.3 is 0 Å². The number of rotatable bonds is 0. The minimum absolute atomic E-state index is 0.558. The Bertz CT molecular complexity index is 814. The lowest BCUT2D eigenvalue weighted by atomic mass is 9.92. The number of hydrogen-bond acceptors (Lipinski definition) is 1. The molecule has 2 unspecified atom stereocenters. The van der Waals surface area contributed by atoms with Crippen LogP contribution in [0.4, 0.5) is 0 Å². The maximum Gasteiger partial charge on any atom is 0.0460 e. The lowest BCUT2D eigenvalue weighted by Gasteiger charge is -2.11. The van der Waals surface area contributed by atoms with E-state index >= 15 is 0 Å². The fourth-order valence-corrected chi connectivity index (χ4v) is 5.20. The lowest BCUT2D eigenvalue weighted by Crippen LogP contribution is -1.97. The molecule has 0 fully saturated rings. The van der Waals surface area contributed by atoms with Crippen molar-refractivity contribution >= 4 is 22.5 Å². The SMILES string of the molecule is c1ccc2c(c1)SC1c3cccc4cccc(c34)C21. The highest BCUT2D eigenvalue weighted by atomic mass is 32.2.